The monoisotopic (exact) mass is 298 g/mol. The fraction of sp³-hybridized carbons (Fsp3) is 0.222. The highest BCUT2D eigenvalue weighted by atomic mass is 31.2. The second-order valence-corrected chi connectivity index (χ2v) is 5.29. The summed E-state index contributed by atoms with van der Waals surface area (Å²) in [6.45, 7) is 0. The lowest BCUT2D eigenvalue weighted by Gasteiger charge is -2.13. The molecule has 2 rings (SSSR count). The molecule has 0 spiro atoms. The van der Waals surface area contributed by atoms with E-state index in [1.165, 1.54) is 0 Å². The lowest BCUT2D eigenvalue weighted by Crippen LogP contribution is -2.17. The van der Waals surface area contributed by atoms with E-state index in [4.69, 9.17) is 9.79 Å². The van der Waals surface area contributed by atoms with Crippen molar-refractivity contribution in [1.29, 1.82) is 0 Å². The Hall–Kier alpha value is -1.57. The molecule has 0 aromatic heterocycles. The quantitative estimate of drug-likeness (QED) is 0.640. The lowest BCUT2D eigenvalue weighted by atomic mass is 10.1. The zero-order valence-electron chi connectivity index (χ0n) is 8.92. The Morgan fingerprint density at radius 2 is 1.95 bits per heavy atom. The minimum Gasteiger partial charge on any atom is -0.441 e. The van der Waals surface area contributed by atoms with Gasteiger partial charge in [-0.15, -0.1) is 13.2 Å². The van der Waals surface area contributed by atoms with Gasteiger partial charge in [-0.1, -0.05) is 0 Å². The van der Waals surface area contributed by atoms with Crippen molar-refractivity contribution >= 4 is 13.6 Å². The fourth-order valence-corrected chi connectivity index (χ4v) is 2.42. The van der Waals surface area contributed by atoms with E-state index in [1.807, 2.05) is 0 Å². The molecule has 0 amide bonds. The molecule has 0 bridgehead atoms. The number of hydrogen-bond acceptors (Lipinski definition) is 4. The van der Waals surface area contributed by atoms with Crippen molar-refractivity contribution in [1.82, 2.24) is 0 Å². The van der Waals surface area contributed by atoms with Crippen LogP contribution in [-0.4, -0.2) is 22.1 Å². The zero-order valence-corrected chi connectivity index (χ0v) is 9.81. The highest BCUT2D eigenvalue weighted by Crippen LogP contribution is 2.56. The molecule has 1 heterocycles. The summed E-state index contributed by atoms with van der Waals surface area (Å²) >= 11 is 0. The number of ether oxygens (including phenoxy) is 2. The zero-order chi connectivity index (χ0) is 14.4. The van der Waals surface area contributed by atoms with Crippen LogP contribution in [0.25, 0.3) is 0 Å². The summed E-state index contributed by atoms with van der Waals surface area (Å²) in [6, 6.07) is 2.53. The summed E-state index contributed by atoms with van der Waals surface area (Å²) in [5, 5.41) is 0. The topological polar surface area (TPSA) is 93.1 Å². The Morgan fingerprint density at radius 3 is 2.47 bits per heavy atom. The number of benzene rings is 1. The summed E-state index contributed by atoms with van der Waals surface area (Å²) in [7, 11) is -4.83. The Balaban J connectivity index is 2.43. The molecular weight excluding hydrogens is 292 g/mol. The Kier molecular flexibility index (Phi) is 3.08. The number of carbonyl (C=O) groups excluding carboxylic acids is 1. The third-order valence-electron chi connectivity index (χ3n) is 2.27. The van der Waals surface area contributed by atoms with Gasteiger partial charge in [0.2, 0.25) is 5.85 Å². The van der Waals surface area contributed by atoms with Gasteiger partial charge in [-0.2, -0.15) is 0 Å². The van der Waals surface area contributed by atoms with E-state index in [-0.39, 0.29) is 11.1 Å². The largest absolute Gasteiger partial charge is 0.573 e. The summed E-state index contributed by atoms with van der Waals surface area (Å²) in [4.78, 5) is 29.2. The van der Waals surface area contributed by atoms with E-state index in [0.29, 0.717) is 0 Å². The SMILES string of the molecule is O=C1OC(P(=O)(O)O)c2cc(OC(F)(F)F)ccc21. The lowest BCUT2D eigenvalue weighted by molar-refractivity contribution is -0.274. The van der Waals surface area contributed by atoms with E-state index < -0.39 is 31.5 Å². The number of rotatable bonds is 2. The second kappa shape index (κ2) is 4.22. The predicted octanol–water partition coefficient (Wildman–Crippen LogP) is 1.93. The molecule has 0 radical (unpaired) electrons. The van der Waals surface area contributed by atoms with Gasteiger partial charge in [-0.3, -0.25) is 4.57 Å². The Morgan fingerprint density at radius 1 is 1.32 bits per heavy atom. The summed E-state index contributed by atoms with van der Waals surface area (Å²) in [6.07, 6.45) is -4.95. The normalized spacial score (nSPS) is 19.0. The number of esters is 1. The van der Waals surface area contributed by atoms with Gasteiger partial charge in [-0.25, -0.2) is 4.79 Å². The summed E-state index contributed by atoms with van der Waals surface area (Å²) < 4.78 is 55.2. The highest BCUT2D eigenvalue weighted by Gasteiger charge is 2.43. The predicted molar refractivity (Wildman–Crippen MR) is 53.3 cm³/mol. The van der Waals surface area contributed by atoms with Crippen LogP contribution in [0.2, 0.25) is 0 Å². The van der Waals surface area contributed by atoms with Crippen LogP contribution in [0.5, 0.6) is 5.75 Å². The van der Waals surface area contributed by atoms with E-state index in [0.717, 1.165) is 18.2 Å². The van der Waals surface area contributed by atoms with E-state index >= 15 is 0 Å². The Labute approximate surface area is 103 Å². The fourth-order valence-electron chi connectivity index (χ4n) is 1.61. The van der Waals surface area contributed by atoms with Crippen LogP contribution in [0.3, 0.4) is 0 Å². The van der Waals surface area contributed by atoms with Crippen LogP contribution in [0.1, 0.15) is 21.8 Å². The van der Waals surface area contributed by atoms with Gasteiger partial charge in [0, 0.05) is 5.56 Å². The standard InChI is InChI=1S/C9H6F3O6P/c10-9(11,12)18-4-1-2-5-6(3-4)8(17-7(5)13)19(14,15)16/h1-3,8H,(H2,14,15,16). The van der Waals surface area contributed by atoms with Gasteiger partial charge in [0.1, 0.15) is 5.75 Å². The summed E-state index contributed by atoms with van der Waals surface area (Å²) in [5.41, 5.74) is -0.539. The van der Waals surface area contributed by atoms with E-state index in [2.05, 4.69) is 9.47 Å². The van der Waals surface area contributed by atoms with Gasteiger partial charge in [0.25, 0.3) is 0 Å². The van der Waals surface area contributed by atoms with Gasteiger partial charge >= 0.3 is 19.9 Å². The third kappa shape index (κ3) is 2.89. The van der Waals surface area contributed by atoms with Crippen molar-refractivity contribution in [2.75, 3.05) is 0 Å². The molecule has 1 atom stereocenters. The van der Waals surface area contributed by atoms with Gasteiger partial charge < -0.3 is 19.3 Å². The molecule has 0 fully saturated rings. The second-order valence-electron chi connectivity index (χ2n) is 3.64. The smallest absolute Gasteiger partial charge is 0.441 e. The first kappa shape index (κ1) is 13.9. The summed E-state index contributed by atoms with van der Waals surface area (Å²) in [5.74, 6) is -3.61. The molecule has 1 aliphatic heterocycles. The molecule has 2 N–H and O–H groups in total. The molecule has 1 aromatic rings. The van der Waals surface area contributed by atoms with Crippen molar-refractivity contribution < 1.29 is 41.8 Å². The molecule has 0 saturated heterocycles. The number of fused-ring (bicyclic) bond motifs is 1. The number of cyclic esters (lactones) is 1. The first-order chi connectivity index (χ1) is 8.58. The molecular formula is C9H6F3O6P. The van der Waals surface area contributed by atoms with Gasteiger partial charge in [0.05, 0.1) is 5.56 Å². The van der Waals surface area contributed by atoms with Crippen molar-refractivity contribution in [3.63, 3.8) is 0 Å². The Bertz CT molecular complexity index is 578. The van der Waals surface area contributed by atoms with Crippen LogP contribution in [0, 0.1) is 0 Å². The molecule has 1 aromatic carbocycles. The van der Waals surface area contributed by atoms with Crippen LogP contribution in [0.15, 0.2) is 18.2 Å². The van der Waals surface area contributed by atoms with Crippen LogP contribution in [-0.2, 0) is 9.30 Å². The van der Waals surface area contributed by atoms with E-state index in [9.17, 15) is 22.5 Å². The number of alkyl halides is 3. The first-order valence-electron chi connectivity index (χ1n) is 4.74. The first-order valence-corrected chi connectivity index (χ1v) is 6.42. The van der Waals surface area contributed by atoms with Crippen LogP contribution >= 0.6 is 7.60 Å². The average Bonchev–Trinajstić information content (AvgIpc) is 2.53. The van der Waals surface area contributed by atoms with Crippen molar-refractivity contribution in [3.8, 4) is 5.75 Å². The van der Waals surface area contributed by atoms with Crippen LogP contribution < -0.4 is 4.74 Å². The molecule has 1 aliphatic rings. The van der Waals surface area contributed by atoms with Crippen LogP contribution in [0.4, 0.5) is 13.2 Å². The average molecular weight is 298 g/mol. The highest BCUT2D eigenvalue weighted by molar-refractivity contribution is 7.52. The molecule has 0 saturated carbocycles. The maximum absolute atomic E-state index is 12.0. The van der Waals surface area contributed by atoms with Crippen molar-refractivity contribution in [2.45, 2.75) is 12.2 Å². The number of hydrogen-bond donors (Lipinski definition) is 2. The molecule has 10 heteroatoms. The minimum atomic E-state index is -4.95. The molecule has 1 unspecified atom stereocenters. The number of halogens is 3. The molecule has 0 aliphatic carbocycles. The van der Waals surface area contributed by atoms with Gasteiger partial charge in [-0.05, 0) is 18.2 Å². The minimum absolute atomic E-state index is 0.206. The molecule has 104 valence electrons. The number of carbonyl (C=O) groups is 1. The molecule has 6 nitrogen and oxygen atoms in total. The molecule has 19 heavy (non-hydrogen) atoms. The maximum atomic E-state index is 12.0. The van der Waals surface area contributed by atoms with Crippen molar-refractivity contribution in [3.05, 3.63) is 29.3 Å². The van der Waals surface area contributed by atoms with E-state index in [1.54, 1.807) is 0 Å². The maximum Gasteiger partial charge on any atom is 0.573 e. The van der Waals surface area contributed by atoms with Crippen molar-refractivity contribution in [2.24, 2.45) is 0 Å². The third-order valence-corrected chi connectivity index (χ3v) is 3.26. The van der Waals surface area contributed by atoms with Gasteiger partial charge in [0.15, 0.2) is 0 Å².